The van der Waals surface area contributed by atoms with Gasteiger partial charge in [-0.3, -0.25) is 0 Å². The third-order valence-corrected chi connectivity index (χ3v) is 4.50. The standard InChI is InChI=1S/C19H30N2O4/c1-4-17-10-14-9-15(12-20-7-8-22)18(24-5-2)11-16(14)13-21(17)19(23)25-6-3/h9,11,17,20,22H,4-8,10,12-13H2,1-3H3. The molecule has 1 heterocycles. The zero-order valence-corrected chi connectivity index (χ0v) is 15.5. The highest BCUT2D eigenvalue weighted by molar-refractivity contribution is 5.69. The lowest BCUT2D eigenvalue weighted by atomic mass is 9.91. The smallest absolute Gasteiger partial charge is 0.410 e. The van der Waals surface area contributed by atoms with Gasteiger partial charge in [-0.25, -0.2) is 4.79 Å². The number of ether oxygens (including phenoxy) is 2. The molecule has 6 heteroatoms. The summed E-state index contributed by atoms with van der Waals surface area (Å²) in [7, 11) is 0. The van der Waals surface area contributed by atoms with Gasteiger partial charge in [0, 0.05) is 31.2 Å². The first-order valence-electron chi connectivity index (χ1n) is 9.16. The van der Waals surface area contributed by atoms with E-state index in [1.807, 2.05) is 24.8 Å². The summed E-state index contributed by atoms with van der Waals surface area (Å²) in [5.74, 6) is 0.838. The second kappa shape index (κ2) is 9.63. The number of hydrogen-bond donors (Lipinski definition) is 2. The van der Waals surface area contributed by atoms with Gasteiger partial charge >= 0.3 is 6.09 Å². The summed E-state index contributed by atoms with van der Waals surface area (Å²) in [6.45, 7) is 8.73. The Kier molecular flexibility index (Phi) is 7.52. The van der Waals surface area contributed by atoms with Crippen LogP contribution in [0.15, 0.2) is 12.1 Å². The molecule has 0 bridgehead atoms. The summed E-state index contributed by atoms with van der Waals surface area (Å²) < 4.78 is 11.0. The van der Waals surface area contributed by atoms with E-state index in [9.17, 15) is 4.79 Å². The lowest BCUT2D eigenvalue weighted by Gasteiger charge is -2.36. The Morgan fingerprint density at radius 3 is 2.72 bits per heavy atom. The molecule has 1 aromatic carbocycles. The van der Waals surface area contributed by atoms with Crippen LogP contribution in [0, 0.1) is 0 Å². The maximum atomic E-state index is 12.3. The van der Waals surface area contributed by atoms with E-state index in [4.69, 9.17) is 14.6 Å². The molecule has 1 atom stereocenters. The third kappa shape index (κ3) is 4.86. The third-order valence-electron chi connectivity index (χ3n) is 4.50. The average Bonchev–Trinajstić information content (AvgIpc) is 2.61. The van der Waals surface area contributed by atoms with Crippen LogP contribution < -0.4 is 10.1 Å². The molecule has 1 unspecified atom stereocenters. The van der Waals surface area contributed by atoms with Gasteiger partial charge in [-0.05, 0) is 43.9 Å². The summed E-state index contributed by atoms with van der Waals surface area (Å²) in [4.78, 5) is 14.1. The number of fused-ring (bicyclic) bond motifs is 1. The summed E-state index contributed by atoms with van der Waals surface area (Å²) in [5.41, 5.74) is 3.47. The van der Waals surface area contributed by atoms with Crippen LogP contribution in [-0.4, -0.2) is 48.5 Å². The lowest BCUT2D eigenvalue weighted by Crippen LogP contribution is -2.44. The Hall–Kier alpha value is -1.79. The highest BCUT2D eigenvalue weighted by Crippen LogP contribution is 2.31. The van der Waals surface area contributed by atoms with E-state index in [1.54, 1.807) is 0 Å². The zero-order chi connectivity index (χ0) is 18.2. The van der Waals surface area contributed by atoms with Crippen molar-refractivity contribution in [1.29, 1.82) is 0 Å². The largest absolute Gasteiger partial charge is 0.494 e. The summed E-state index contributed by atoms with van der Waals surface area (Å²) >= 11 is 0. The van der Waals surface area contributed by atoms with Crippen LogP contribution in [0.25, 0.3) is 0 Å². The lowest BCUT2D eigenvalue weighted by molar-refractivity contribution is 0.0813. The van der Waals surface area contributed by atoms with Gasteiger partial charge in [0.05, 0.1) is 19.8 Å². The van der Waals surface area contributed by atoms with Crippen molar-refractivity contribution >= 4 is 6.09 Å². The fraction of sp³-hybridized carbons (Fsp3) is 0.632. The molecule has 0 saturated heterocycles. The van der Waals surface area contributed by atoms with Crippen LogP contribution in [0.4, 0.5) is 4.79 Å². The van der Waals surface area contributed by atoms with Crippen LogP contribution in [0.2, 0.25) is 0 Å². The number of rotatable bonds is 8. The van der Waals surface area contributed by atoms with Crippen molar-refractivity contribution in [1.82, 2.24) is 10.2 Å². The first-order valence-corrected chi connectivity index (χ1v) is 9.16. The normalized spacial score (nSPS) is 16.5. The van der Waals surface area contributed by atoms with E-state index >= 15 is 0 Å². The van der Waals surface area contributed by atoms with Gasteiger partial charge in [0.25, 0.3) is 0 Å². The molecule has 0 fully saturated rings. The first kappa shape index (κ1) is 19.5. The van der Waals surface area contributed by atoms with E-state index in [0.29, 0.717) is 32.8 Å². The molecule has 140 valence electrons. The highest BCUT2D eigenvalue weighted by atomic mass is 16.6. The van der Waals surface area contributed by atoms with Gasteiger partial charge in [0.1, 0.15) is 5.75 Å². The molecule has 0 aromatic heterocycles. The predicted octanol–water partition coefficient (Wildman–Crippen LogP) is 2.46. The Balaban J connectivity index is 2.27. The molecule has 0 saturated carbocycles. The molecule has 6 nitrogen and oxygen atoms in total. The minimum Gasteiger partial charge on any atom is -0.494 e. The van der Waals surface area contributed by atoms with Crippen LogP contribution >= 0.6 is 0 Å². The highest BCUT2D eigenvalue weighted by Gasteiger charge is 2.30. The minimum atomic E-state index is -0.244. The second-order valence-corrected chi connectivity index (χ2v) is 6.16. The van der Waals surface area contributed by atoms with Gasteiger partial charge in [0.2, 0.25) is 0 Å². The number of nitrogens with zero attached hydrogens (tertiary/aromatic N) is 1. The number of amides is 1. The van der Waals surface area contributed by atoms with Crippen molar-refractivity contribution in [3.63, 3.8) is 0 Å². The predicted molar refractivity (Wildman–Crippen MR) is 96.8 cm³/mol. The quantitative estimate of drug-likeness (QED) is 0.705. The monoisotopic (exact) mass is 350 g/mol. The van der Waals surface area contributed by atoms with E-state index in [-0.39, 0.29) is 18.7 Å². The van der Waals surface area contributed by atoms with Crippen molar-refractivity contribution in [3.8, 4) is 5.75 Å². The van der Waals surface area contributed by atoms with Crippen LogP contribution in [0.1, 0.15) is 43.9 Å². The van der Waals surface area contributed by atoms with Crippen LogP contribution in [0.3, 0.4) is 0 Å². The first-order chi connectivity index (χ1) is 12.1. The van der Waals surface area contributed by atoms with Crippen molar-refractivity contribution in [3.05, 3.63) is 28.8 Å². The number of benzene rings is 1. The number of nitrogens with one attached hydrogen (secondary N) is 1. The molecule has 0 radical (unpaired) electrons. The molecule has 1 amide bonds. The van der Waals surface area contributed by atoms with E-state index in [0.717, 1.165) is 29.7 Å². The molecule has 2 N–H and O–H groups in total. The Morgan fingerprint density at radius 2 is 2.08 bits per heavy atom. The van der Waals surface area contributed by atoms with E-state index < -0.39 is 0 Å². The summed E-state index contributed by atoms with van der Waals surface area (Å²) in [5, 5.41) is 12.2. The number of aliphatic hydroxyl groups is 1. The fourth-order valence-electron chi connectivity index (χ4n) is 3.25. The van der Waals surface area contributed by atoms with Gasteiger partial charge < -0.3 is 24.8 Å². The summed E-state index contributed by atoms with van der Waals surface area (Å²) in [6, 6.07) is 4.38. The van der Waals surface area contributed by atoms with E-state index in [1.165, 1.54) is 5.56 Å². The number of carbonyl (C=O) groups excluding carboxylic acids is 1. The van der Waals surface area contributed by atoms with Crippen LogP contribution in [0.5, 0.6) is 5.75 Å². The molecule has 25 heavy (non-hydrogen) atoms. The number of aliphatic hydroxyl groups excluding tert-OH is 1. The molecule has 0 spiro atoms. The minimum absolute atomic E-state index is 0.112. The van der Waals surface area contributed by atoms with Crippen molar-refractivity contribution in [2.75, 3.05) is 26.4 Å². The number of carbonyl (C=O) groups is 1. The second-order valence-electron chi connectivity index (χ2n) is 6.16. The average molecular weight is 350 g/mol. The SMILES string of the molecule is CCOC(=O)N1Cc2cc(OCC)c(CNCCO)cc2CC1CC. The molecular formula is C19H30N2O4. The van der Waals surface area contributed by atoms with Crippen molar-refractivity contribution < 1.29 is 19.4 Å². The topological polar surface area (TPSA) is 71.0 Å². The molecule has 0 aliphatic carbocycles. The van der Waals surface area contributed by atoms with Crippen molar-refractivity contribution in [2.24, 2.45) is 0 Å². The molecule has 1 aromatic rings. The summed E-state index contributed by atoms with van der Waals surface area (Å²) in [6.07, 6.45) is 1.47. The molecule has 2 rings (SSSR count). The van der Waals surface area contributed by atoms with Gasteiger partial charge in [-0.1, -0.05) is 13.0 Å². The van der Waals surface area contributed by atoms with Gasteiger partial charge in [0.15, 0.2) is 0 Å². The van der Waals surface area contributed by atoms with Gasteiger partial charge in [-0.15, -0.1) is 0 Å². The Morgan fingerprint density at radius 1 is 1.28 bits per heavy atom. The molecule has 1 aliphatic rings. The van der Waals surface area contributed by atoms with Crippen LogP contribution in [-0.2, 0) is 24.2 Å². The van der Waals surface area contributed by atoms with Gasteiger partial charge in [-0.2, -0.15) is 0 Å². The van der Waals surface area contributed by atoms with E-state index in [2.05, 4.69) is 18.3 Å². The Labute approximate surface area is 150 Å². The zero-order valence-electron chi connectivity index (χ0n) is 15.5. The Bertz CT molecular complexity index is 577. The molecular weight excluding hydrogens is 320 g/mol. The van der Waals surface area contributed by atoms with Crippen molar-refractivity contribution in [2.45, 2.75) is 52.7 Å². The fourth-order valence-corrected chi connectivity index (χ4v) is 3.25. The molecule has 1 aliphatic heterocycles. The number of hydrogen-bond acceptors (Lipinski definition) is 5. The maximum Gasteiger partial charge on any atom is 0.410 e. The maximum absolute atomic E-state index is 12.3.